The fourth-order valence-electron chi connectivity index (χ4n) is 2.62. The van der Waals surface area contributed by atoms with Crippen LogP contribution in [-0.2, 0) is 0 Å². The van der Waals surface area contributed by atoms with Gasteiger partial charge in [0.1, 0.15) is 17.1 Å². The lowest BCUT2D eigenvalue weighted by atomic mass is 10.1. The summed E-state index contributed by atoms with van der Waals surface area (Å²) in [6.07, 6.45) is 0. The van der Waals surface area contributed by atoms with E-state index in [1.54, 1.807) is 32.2 Å². The number of aryl methyl sites for hydroxylation is 1. The molecule has 0 saturated carbocycles. The molecule has 0 aliphatic carbocycles. The molecule has 0 fully saturated rings. The van der Waals surface area contributed by atoms with Crippen molar-refractivity contribution in [3.05, 3.63) is 57.8 Å². The number of furan rings is 1. The van der Waals surface area contributed by atoms with Gasteiger partial charge in [-0.05, 0) is 31.2 Å². The topological polar surface area (TPSA) is 104 Å². The SMILES string of the molecule is COc1ccc2oc(C(=O)Nc3ccc([N+](=O)[O-])cc3OC)c(C)c2c1. The van der Waals surface area contributed by atoms with E-state index in [9.17, 15) is 14.9 Å². The van der Waals surface area contributed by atoms with E-state index in [0.717, 1.165) is 5.39 Å². The van der Waals surface area contributed by atoms with Crippen LogP contribution in [0.1, 0.15) is 16.1 Å². The first kappa shape index (κ1) is 17.3. The highest BCUT2D eigenvalue weighted by molar-refractivity contribution is 6.07. The minimum atomic E-state index is -0.537. The van der Waals surface area contributed by atoms with Gasteiger partial charge in [0.25, 0.3) is 11.6 Å². The van der Waals surface area contributed by atoms with Gasteiger partial charge in [-0.25, -0.2) is 0 Å². The lowest BCUT2D eigenvalue weighted by molar-refractivity contribution is -0.384. The summed E-state index contributed by atoms with van der Waals surface area (Å²) in [4.78, 5) is 22.9. The number of nitro groups is 1. The molecule has 0 radical (unpaired) electrons. The number of benzene rings is 2. The van der Waals surface area contributed by atoms with Crippen LogP contribution in [0.15, 0.2) is 40.8 Å². The van der Waals surface area contributed by atoms with Gasteiger partial charge in [0.2, 0.25) is 0 Å². The molecule has 1 N–H and O–H groups in total. The fourth-order valence-corrected chi connectivity index (χ4v) is 2.62. The molecule has 0 aliphatic heterocycles. The lowest BCUT2D eigenvalue weighted by Crippen LogP contribution is -2.13. The number of hydrogen-bond donors (Lipinski definition) is 1. The van der Waals surface area contributed by atoms with Crippen LogP contribution >= 0.6 is 0 Å². The van der Waals surface area contributed by atoms with E-state index in [2.05, 4.69) is 5.32 Å². The quantitative estimate of drug-likeness (QED) is 0.549. The van der Waals surface area contributed by atoms with Crippen molar-refractivity contribution in [1.82, 2.24) is 0 Å². The molecule has 3 aromatic rings. The monoisotopic (exact) mass is 356 g/mol. The van der Waals surface area contributed by atoms with Crippen molar-refractivity contribution in [2.75, 3.05) is 19.5 Å². The molecule has 0 saturated heterocycles. The number of ether oxygens (including phenoxy) is 2. The molecule has 134 valence electrons. The van der Waals surface area contributed by atoms with Crippen molar-refractivity contribution in [3.8, 4) is 11.5 Å². The standard InChI is InChI=1S/C18H16N2O6/c1-10-13-9-12(24-2)5-7-15(13)26-17(10)18(21)19-14-6-4-11(20(22)23)8-16(14)25-3/h4-9H,1-3H3,(H,19,21). The minimum absolute atomic E-state index is 0.133. The summed E-state index contributed by atoms with van der Waals surface area (Å²) in [7, 11) is 2.93. The molecule has 8 nitrogen and oxygen atoms in total. The van der Waals surface area contributed by atoms with E-state index in [1.165, 1.54) is 25.3 Å². The number of hydrogen-bond acceptors (Lipinski definition) is 6. The Kier molecular flexibility index (Phi) is 4.49. The van der Waals surface area contributed by atoms with Crippen LogP contribution in [0, 0.1) is 17.0 Å². The third kappa shape index (κ3) is 3.04. The second-order valence-electron chi connectivity index (χ2n) is 5.51. The van der Waals surface area contributed by atoms with E-state index in [0.29, 0.717) is 22.6 Å². The maximum Gasteiger partial charge on any atom is 0.291 e. The number of fused-ring (bicyclic) bond motifs is 1. The second-order valence-corrected chi connectivity index (χ2v) is 5.51. The van der Waals surface area contributed by atoms with Gasteiger partial charge in [0.15, 0.2) is 5.76 Å². The van der Waals surface area contributed by atoms with Gasteiger partial charge in [0, 0.05) is 17.0 Å². The van der Waals surface area contributed by atoms with Crippen molar-refractivity contribution < 1.29 is 23.6 Å². The molecule has 1 aromatic heterocycles. The molecule has 0 spiro atoms. The molecule has 0 atom stereocenters. The van der Waals surface area contributed by atoms with E-state index in [1.807, 2.05) is 0 Å². The van der Waals surface area contributed by atoms with Gasteiger partial charge in [-0.15, -0.1) is 0 Å². The summed E-state index contributed by atoms with van der Waals surface area (Å²) in [6, 6.07) is 9.20. The first-order valence-corrected chi connectivity index (χ1v) is 7.65. The summed E-state index contributed by atoms with van der Waals surface area (Å²) in [6.45, 7) is 1.77. The highest BCUT2D eigenvalue weighted by Gasteiger charge is 2.20. The van der Waals surface area contributed by atoms with Crippen LogP contribution in [-0.4, -0.2) is 25.1 Å². The van der Waals surface area contributed by atoms with Crippen LogP contribution < -0.4 is 14.8 Å². The van der Waals surface area contributed by atoms with Crippen LogP contribution in [0.2, 0.25) is 0 Å². The normalized spacial score (nSPS) is 10.6. The number of nitrogens with one attached hydrogen (secondary N) is 1. The van der Waals surface area contributed by atoms with Crippen molar-refractivity contribution in [2.45, 2.75) is 6.92 Å². The number of carbonyl (C=O) groups excluding carboxylic acids is 1. The average Bonchev–Trinajstić information content (AvgIpc) is 2.98. The second kappa shape index (κ2) is 6.75. The van der Waals surface area contributed by atoms with Gasteiger partial charge in [-0.1, -0.05) is 0 Å². The van der Waals surface area contributed by atoms with Crippen molar-refractivity contribution in [3.63, 3.8) is 0 Å². The number of non-ortho nitro benzene ring substituents is 1. The first-order valence-electron chi connectivity index (χ1n) is 7.65. The predicted molar refractivity (Wildman–Crippen MR) is 95.1 cm³/mol. The number of rotatable bonds is 5. The van der Waals surface area contributed by atoms with Crippen molar-refractivity contribution in [1.29, 1.82) is 0 Å². The first-order chi connectivity index (χ1) is 12.4. The molecule has 2 aromatic carbocycles. The van der Waals surface area contributed by atoms with E-state index in [4.69, 9.17) is 13.9 Å². The van der Waals surface area contributed by atoms with Crippen molar-refractivity contribution in [2.24, 2.45) is 0 Å². The Morgan fingerprint density at radius 1 is 1.15 bits per heavy atom. The Morgan fingerprint density at radius 2 is 1.92 bits per heavy atom. The smallest absolute Gasteiger partial charge is 0.291 e. The Labute approximate surface area is 148 Å². The molecule has 0 bridgehead atoms. The zero-order valence-electron chi connectivity index (χ0n) is 14.4. The largest absolute Gasteiger partial charge is 0.497 e. The number of anilines is 1. The highest BCUT2D eigenvalue weighted by Crippen LogP contribution is 2.32. The van der Waals surface area contributed by atoms with Gasteiger partial charge in [-0.3, -0.25) is 14.9 Å². The summed E-state index contributed by atoms with van der Waals surface area (Å²) in [5, 5.41) is 14.3. The van der Waals surface area contributed by atoms with Gasteiger partial charge < -0.3 is 19.2 Å². The zero-order chi connectivity index (χ0) is 18.8. The van der Waals surface area contributed by atoms with Gasteiger partial charge >= 0.3 is 0 Å². The lowest BCUT2D eigenvalue weighted by Gasteiger charge is -2.09. The molecular formula is C18H16N2O6. The number of methoxy groups -OCH3 is 2. The number of nitrogens with zero attached hydrogens (tertiary/aromatic N) is 1. The third-order valence-corrected chi connectivity index (χ3v) is 3.99. The molecule has 1 heterocycles. The number of amides is 1. The van der Waals surface area contributed by atoms with Crippen LogP contribution in [0.4, 0.5) is 11.4 Å². The molecule has 0 aliphatic rings. The predicted octanol–water partition coefficient (Wildman–Crippen LogP) is 3.92. The van der Waals surface area contributed by atoms with E-state index < -0.39 is 10.8 Å². The third-order valence-electron chi connectivity index (χ3n) is 3.99. The summed E-state index contributed by atoms with van der Waals surface area (Å²) < 4.78 is 16.0. The molecule has 0 unspecified atom stereocenters. The van der Waals surface area contributed by atoms with Crippen LogP contribution in [0.3, 0.4) is 0 Å². The maximum atomic E-state index is 12.6. The van der Waals surface area contributed by atoms with Crippen molar-refractivity contribution >= 4 is 28.3 Å². The molecule has 26 heavy (non-hydrogen) atoms. The van der Waals surface area contributed by atoms with Crippen LogP contribution in [0.5, 0.6) is 11.5 Å². The summed E-state index contributed by atoms with van der Waals surface area (Å²) in [5.74, 6) is 0.506. The average molecular weight is 356 g/mol. The van der Waals surface area contributed by atoms with E-state index in [-0.39, 0.29) is 17.2 Å². The Balaban J connectivity index is 1.94. The number of nitro benzene ring substituents is 1. The van der Waals surface area contributed by atoms with Crippen LogP contribution in [0.25, 0.3) is 11.0 Å². The Hall–Kier alpha value is -3.55. The molecule has 1 amide bonds. The molecule has 3 rings (SSSR count). The summed E-state index contributed by atoms with van der Waals surface area (Å²) >= 11 is 0. The minimum Gasteiger partial charge on any atom is -0.497 e. The Bertz CT molecular complexity index is 1010. The molecular weight excluding hydrogens is 340 g/mol. The van der Waals surface area contributed by atoms with Gasteiger partial charge in [0.05, 0.1) is 30.9 Å². The fraction of sp³-hybridized carbons (Fsp3) is 0.167. The summed E-state index contributed by atoms with van der Waals surface area (Å²) in [5.41, 5.74) is 1.40. The number of carbonyl (C=O) groups is 1. The zero-order valence-corrected chi connectivity index (χ0v) is 14.4. The van der Waals surface area contributed by atoms with E-state index >= 15 is 0 Å². The highest BCUT2D eigenvalue weighted by atomic mass is 16.6. The Morgan fingerprint density at radius 3 is 2.58 bits per heavy atom. The molecule has 8 heteroatoms. The van der Waals surface area contributed by atoms with Gasteiger partial charge in [-0.2, -0.15) is 0 Å². The maximum absolute atomic E-state index is 12.6.